The van der Waals surface area contributed by atoms with Gasteiger partial charge in [0.2, 0.25) is 0 Å². The van der Waals surface area contributed by atoms with Crippen LogP contribution < -0.4 is 4.90 Å². The number of H-pyrrole nitrogens is 2. The van der Waals surface area contributed by atoms with Crippen LogP contribution in [0.1, 0.15) is 246 Å². The number of amides is 2. The van der Waals surface area contributed by atoms with Crippen molar-refractivity contribution in [3.8, 4) is 33.4 Å². The number of carbonyl (C=O) groups excluding carboxylic acids is 2. The van der Waals surface area contributed by atoms with Gasteiger partial charge in [0.25, 0.3) is 11.8 Å². The van der Waals surface area contributed by atoms with Crippen LogP contribution in [0.25, 0.3) is 144 Å². The van der Waals surface area contributed by atoms with Gasteiger partial charge in [-0.25, -0.2) is 14.9 Å². The molecule has 0 aliphatic carbocycles. The molecule has 0 spiro atoms. The topological polar surface area (TPSA) is 94.7 Å². The van der Waals surface area contributed by atoms with Gasteiger partial charge in [0.15, 0.2) is 0 Å². The standard InChI is InChI=1S/C90H85N5O2/c1-44(2)52-21-17-22-53(45(3)4)76(52)84-70-38-37-69(91-70)83-65-34-31-61-63-33-36-67-82-66(89(96)95(90(67)97)88-58(50(13)14)27-20-28-59(88)51(15)16)35-32-62(80(63)82)60-29-30-64(81(65)79(60)61)68-43-75(94-87(68)83)86(78-56(48(9)10)25-19-26-57(78)49(11)12)74-42-41-73(93-74)85(72-40-39-71(84)92-72)77-54(46(5)6)23-18-24-55(77)47(7)8/h17-51,92,94H,1-16H3. The Balaban J connectivity index is 1.09. The molecule has 2 N–H and O–H groups in total. The van der Waals surface area contributed by atoms with Gasteiger partial charge >= 0.3 is 0 Å². The second-order valence-electron chi connectivity index (χ2n) is 30.2. The van der Waals surface area contributed by atoms with Crippen molar-refractivity contribution < 1.29 is 9.59 Å². The molecule has 3 aliphatic rings. The Kier molecular flexibility index (Phi) is 14.6. The van der Waals surface area contributed by atoms with Gasteiger partial charge in [-0.15, -0.1) is 0 Å². The number of fused-ring (bicyclic) bond motifs is 12. The van der Waals surface area contributed by atoms with Gasteiger partial charge in [-0.2, -0.15) is 0 Å². The molecule has 0 saturated carbocycles. The molecule has 482 valence electrons. The van der Waals surface area contributed by atoms with E-state index in [9.17, 15) is 0 Å². The molecule has 16 rings (SSSR count). The Bertz CT molecular complexity index is 5600. The molecule has 10 aromatic carbocycles. The Hall–Kier alpha value is -9.98. The number of anilines is 1. The molecule has 0 unspecified atom stereocenters. The molecule has 3 aromatic heterocycles. The highest BCUT2D eigenvalue weighted by atomic mass is 16.2. The number of benzene rings is 10. The SMILES string of the molecule is CC(C)c1cccc(C(C)C)c1-c1c2nc(c(-c3c(C(C)C)cccc3C(C)C)c3cc4c5ccc6c7ccc8c9c(ccc(c%10ccc(c(c%11nc(c(-c%12c(C(C)C)cccc%12C(C)C)c%12ccc1[nH]%12)C=C%11)c4[nH]3)c5c6%10)c97)C(=O)N(c1c(C(C)C)cccc1C(C)C)C8=O)C=C2. The number of hydrogen-bond donors (Lipinski definition) is 2. The Labute approximate surface area is 569 Å². The minimum Gasteiger partial charge on any atom is -0.354 e. The summed E-state index contributed by atoms with van der Waals surface area (Å²) in [5.41, 5.74) is 25.9. The number of para-hydroxylation sites is 1. The van der Waals surface area contributed by atoms with E-state index in [1.165, 1.54) is 55.0 Å². The van der Waals surface area contributed by atoms with Crippen molar-refractivity contribution >= 4 is 129 Å². The van der Waals surface area contributed by atoms with E-state index in [-0.39, 0.29) is 59.2 Å². The molecular weight excluding hydrogens is 1180 g/mol. The average Bonchev–Trinajstić information content (AvgIpc) is 1.44. The normalized spacial score (nSPS) is 13.6. The first-order valence-corrected chi connectivity index (χ1v) is 35.4. The van der Waals surface area contributed by atoms with Crippen LogP contribution in [0.4, 0.5) is 5.69 Å². The van der Waals surface area contributed by atoms with Gasteiger partial charge in [0.05, 0.1) is 34.0 Å². The number of imide groups is 1. The number of rotatable bonds is 12. The minimum absolute atomic E-state index is 0.0891. The number of nitrogens with one attached hydrogen (secondary N) is 2. The van der Waals surface area contributed by atoms with Crippen molar-refractivity contribution in [3.63, 3.8) is 0 Å². The van der Waals surface area contributed by atoms with Gasteiger partial charge in [0, 0.05) is 60.5 Å². The summed E-state index contributed by atoms with van der Waals surface area (Å²) in [6, 6.07) is 51.3. The number of carbonyl (C=O) groups is 2. The predicted octanol–water partition coefficient (Wildman–Crippen LogP) is 25.2. The lowest BCUT2D eigenvalue weighted by Gasteiger charge is -2.32. The molecule has 13 aromatic rings. The van der Waals surface area contributed by atoms with Crippen LogP contribution >= 0.6 is 0 Å². The van der Waals surface area contributed by atoms with E-state index >= 15 is 9.59 Å². The van der Waals surface area contributed by atoms with Crippen molar-refractivity contribution in [2.24, 2.45) is 0 Å². The summed E-state index contributed by atoms with van der Waals surface area (Å²) in [6.07, 6.45) is 9.08. The summed E-state index contributed by atoms with van der Waals surface area (Å²) < 4.78 is 0. The molecule has 97 heavy (non-hydrogen) atoms. The fourth-order valence-electron chi connectivity index (χ4n) is 17.1. The Morgan fingerprint density at radius 1 is 0.289 bits per heavy atom. The van der Waals surface area contributed by atoms with Crippen molar-refractivity contribution in [1.82, 2.24) is 19.9 Å². The summed E-state index contributed by atoms with van der Waals surface area (Å²) in [7, 11) is 0. The van der Waals surface area contributed by atoms with Crippen LogP contribution in [0.5, 0.6) is 0 Å². The monoisotopic (exact) mass is 1270 g/mol. The first-order valence-electron chi connectivity index (χ1n) is 35.4. The minimum atomic E-state index is -0.285. The lowest BCUT2D eigenvalue weighted by Crippen LogP contribution is -2.41. The molecule has 0 saturated heterocycles. The van der Waals surface area contributed by atoms with Crippen LogP contribution in [0.2, 0.25) is 0 Å². The molecule has 0 atom stereocenters. The van der Waals surface area contributed by atoms with E-state index in [0.29, 0.717) is 16.8 Å². The summed E-state index contributed by atoms with van der Waals surface area (Å²) in [5, 5.41) is 12.4. The van der Waals surface area contributed by atoms with E-state index in [1.807, 2.05) is 12.1 Å². The van der Waals surface area contributed by atoms with Gasteiger partial charge in [-0.3, -0.25) is 9.59 Å². The maximum absolute atomic E-state index is 15.4. The van der Waals surface area contributed by atoms with E-state index < -0.39 is 0 Å². The smallest absolute Gasteiger partial charge is 0.266 e. The second-order valence-corrected chi connectivity index (χ2v) is 30.2. The summed E-state index contributed by atoms with van der Waals surface area (Å²) in [4.78, 5) is 52.8. The first-order chi connectivity index (χ1) is 46.6. The molecular formula is C90H85N5O2. The molecule has 8 bridgehead atoms. The highest BCUT2D eigenvalue weighted by Crippen LogP contribution is 2.53. The third kappa shape index (κ3) is 9.19. The van der Waals surface area contributed by atoms with Crippen LogP contribution in [-0.4, -0.2) is 31.8 Å². The van der Waals surface area contributed by atoms with Gasteiger partial charge < -0.3 is 9.97 Å². The molecule has 7 heteroatoms. The Morgan fingerprint density at radius 2 is 0.598 bits per heavy atom. The van der Waals surface area contributed by atoms with Crippen molar-refractivity contribution in [2.45, 2.75) is 158 Å². The highest BCUT2D eigenvalue weighted by Gasteiger charge is 2.39. The Morgan fingerprint density at radius 3 is 0.990 bits per heavy atom. The second kappa shape index (κ2) is 22.8. The zero-order valence-corrected chi connectivity index (χ0v) is 58.9. The van der Waals surface area contributed by atoms with E-state index in [2.05, 4.69) is 272 Å². The molecule has 0 fully saturated rings. The van der Waals surface area contributed by atoms with Crippen molar-refractivity contribution in [1.29, 1.82) is 0 Å². The fraction of sp³-hybridized carbons (Fsp3) is 0.267. The van der Waals surface area contributed by atoms with E-state index in [4.69, 9.17) is 9.97 Å². The zero-order chi connectivity index (χ0) is 67.6. The van der Waals surface area contributed by atoms with E-state index in [1.54, 1.807) is 0 Å². The maximum atomic E-state index is 15.4. The third-order valence-electron chi connectivity index (χ3n) is 21.6. The summed E-state index contributed by atoms with van der Waals surface area (Å²) >= 11 is 0. The average molecular weight is 1270 g/mol. The van der Waals surface area contributed by atoms with Gasteiger partial charge in [0.1, 0.15) is 0 Å². The number of aromatic nitrogens is 4. The largest absolute Gasteiger partial charge is 0.354 e. The number of aromatic amines is 2. The molecule has 2 amide bonds. The highest BCUT2D eigenvalue weighted by molar-refractivity contribution is 6.45. The fourth-order valence-corrected chi connectivity index (χ4v) is 17.1. The van der Waals surface area contributed by atoms with Crippen LogP contribution in [0.3, 0.4) is 0 Å². The molecule has 7 nitrogen and oxygen atoms in total. The molecule has 0 radical (unpaired) electrons. The van der Waals surface area contributed by atoms with Crippen molar-refractivity contribution in [3.05, 3.63) is 218 Å². The van der Waals surface area contributed by atoms with Gasteiger partial charge in [-0.05, 0) is 212 Å². The number of hydrogen-bond acceptors (Lipinski definition) is 4. The maximum Gasteiger partial charge on any atom is 0.266 e. The number of nitrogens with zero attached hydrogens (tertiary/aromatic N) is 3. The zero-order valence-electron chi connectivity index (χ0n) is 58.9. The van der Waals surface area contributed by atoms with Crippen LogP contribution in [0.15, 0.2) is 140 Å². The third-order valence-corrected chi connectivity index (χ3v) is 21.6. The molecule has 6 heterocycles. The quantitative estimate of drug-likeness (QED) is 0.0724. The summed E-state index contributed by atoms with van der Waals surface area (Å²) in [6.45, 7) is 36.3. The van der Waals surface area contributed by atoms with Gasteiger partial charge in [-0.1, -0.05) is 220 Å². The predicted molar refractivity (Wildman–Crippen MR) is 413 cm³/mol. The van der Waals surface area contributed by atoms with Crippen LogP contribution in [-0.2, 0) is 0 Å². The molecule has 3 aliphatic heterocycles. The lowest BCUT2D eigenvalue weighted by atomic mass is 9.82. The summed E-state index contributed by atoms with van der Waals surface area (Å²) in [5.74, 6) is 0.905. The lowest BCUT2D eigenvalue weighted by molar-refractivity contribution is 0.0892. The first kappa shape index (κ1) is 61.9. The van der Waals surface area contributed by atoms with E-state index in [0.717, 1.165) is 137 Å². The van der Waals surface area contributed by atoms with Crippen LogP contribution in [0, 0.1) is 0 Å². The van der Waals surface area contributed by atoms with Crippen molar-refractivity contribution in [2.75, 3.05) is 4.90 Å².